The summed E-state index contributed by atoms with van der Waals surface area (Å²) in [4.78, 5) is 25.1. The van der Waals surface area contributed by atoms with Gasteiger partial charge >= 0.3 is 12.1 Å². The van der Waals surface area contributed by atoms with Crippen molar-refractivity contribution < 1.29 is 43.0 Å². The molecule has 4 rings (SSSR count). The van der Waals surface area contributed by atoms with Crippen LogP contribution in [-0.4, -0.2) is 36.8 Å². The Morgan fingerprint density at radius 1 is 1.19 bits per heavy atom. The molecule has 1 heterocycles. The van der Waals surface area contributed by atoms with Crippen LogP contribution in [0.25, 0.3) is 10.9 Å². The first-order chi connectivity index (χ1) is 20.8. The number of carbonyl (C=O) groups excluding carboxylic acids is 2. The molecule has 7 nitrogen and oxygen atoms in total. The molecule has 0 bridgehead atoms. The predicted molar refractivity (Wildman–Crippen MR) is 122 cm³/mol. The van der Waals surface area contributed by atoms with E-state index in [0.29, 0.717) is 0 Å². The molecule has 0 spiro atoms. The highest BCUT2D eigenvalue weighted by molar-refractivity contribution is 5.92. The number of rotatable bonds is 6. The highest BCUT2D eigenvalue weighted by Crippen LogP contribution is 2.30. The Morgan fingerprint density at radius 3 is 2.84 bits per heavy atom. The van der Waals surface area contributed by atoms with Gasteiger partial charge in [0.05, 0.1) is 29.2 Å². The van der Waals surface area contributed by atoms with E-state index in [9.17, 15) is 9.59 Å². The van der Waals surface area contributed by atoms with Crippen molar-refractivity contribution >= 4 is 28.7 Å². The van der Waals surface area contributed by atoms with Gasteiger partial charge in [0.15, 0.2) is 0 Å². The third-order valence-corrected chi connectivity index (χ3v) is 4.91. The van der Waals surface area contributed by atoms with Crippen LogP contribution in [0.4, 0.5) is 10.5 Å². The Morgan fingerprint density at radius 2 is 2.06 bits per heavy atom. The fourth-order valence-corrected chi connectivity index (χ4v) is 3.43. The number of hydrogen-bond donors (Lipinski definition) is 1. The summed E-state index contributed by atoms with van der Waals surface area (Å²) in [6, 6.07) is 7.48. The summed E-state index contributed by atoms with van der Waals surface area (Å²) in [6.07, 6.45) is -8.71. The highest BCUT2D eigenvalue weighted by atomic mass is 16.6. The lowest BCUT2D eigenvalue weighted by Gasteiger charge is -2.12. The number of methoxy groups -OCH3 is 2. The average Bonchev–Trinajstić information content (AvgIpc) is 3.31. The largest absolute Gasteiger partial charge is 0.496 e. The predicted octanol–water partition coefficient (Wildman–Crippen LogP) is 5.06. The van der Waals surface area contributed by atoms with E-state index < -0.39 is 51.9 Å². The van der Waals surface area contributed by atoms with Gasteiger partial charge in [-0.2, -0.15) is 0 Å². The minimum absolute atomic E-state index is 0.0199. The normalized spacial score (nSPS) is 25.6. The highest BCUT2D eigenvalue weighted by Gasteiger charge is 2.19. The number of esters is 1. The third-order valence-electron chi connectivity index (χ3n) is 4.91. The average molecular weight is 451 g/mol. The summed E-state index contributed by atoms with van der Waals surface area (Å²) >= 11 is 0. The van der Waals surface area contributed by atoms with Crippen LogP contribution in [0, 0.1) is 0 Å². The number of amides is 1. The third kappa shape index (κ3) is 4.56. The second-order valence-electron chi connectivity index (χ2n) is 6.94. The number of nitrogens with one attached hydrogen (secondary N) is 1. The van der Waals surface area contributed by atoms with Crippen LogP contribution in [0.15, 0.2) is 42.6 Å². The molecule has 0 unspecified atom stereocenters. The first kappa shape index (κ1) is 10.4. The van der Waals surface area contributed by atoms with Crippen molar-refractivity contribution in [2.75, 3.05) is 19.4 Å². The summed E-state index contributed by atoms with van der Waals surface area (Å²) in [6.45, 7) is -2.68. The van der Waals surface area contributed by atoms with Gasteiger partial charge in [-0.05, 0) is 67.0 Å². The monoisotopic (exact) mass is 450 g/mol. The smallest absolute Gasteiger partial charge is 0.411 e. The molecule has 7 heteroatoms. The van der Waals surface area contributed by atoms with Crippen LogP contribution in [0.5, 0.6) is 5.75 Å². The van der Waals surface area contributed by atoms with Gasteiger partial charge in [0.1, 0.15) is 11.8 Å². The van der Waals surface area contributed by atoms with Gasteiger partial charge in [-0.25, -0.2) is 9.59 Å². The lowest BCUT2D eigenvalue weighted by Crippen LogP contribution is -2.20. The van der Waals surface area contributed by atoms with E-state index in [1.54, 1.807) is 0 Å². The molecular weight excluding hydrogens is 408 g/mol. The number of carbonyl (C=O) groups is 2. The van der Waals surface area contributed by atoms with Crippen molar-refractivity contribution in [3.63, 3.8) is 0 Å². The Labute approximate surface area is 206 Å². The molecule has 168 valence electrons. The number of aromatic nitrogens is 1. The quantitative estimate of drug-likeness (QED) is 0.531. The topological polar surface area (TPSA) is 78.8 Å². The molecule has 0 aliphatic heterocycles. The van der Waals surface area contributed by atoms with Crippen LogP contribution in [0.3, 0.4) is 0 Å². The van der Waals surface area contributed by atoms with Crippen molar-refractivity contribution in [1.82, 2.24) is 4.57 Å². The van der Waals surface area contributed by atoms with E-state index >= 15 is 0 Å². The molecule has 0 saturated heterocycles. The fraction of sp³-hybridized carbons (Fsp3) is 0.360. The first-order valence-electron chi connectivity index (χ1n) is 16.5. The number of nitrogens with zero attached hydrogens (tertiary/aromatic N) is 1. The van der Waals surface area contributed by atoms with Crippen LogP contribution in [0.2, 0.25) is 0 Å². The van der Waals surface area contributed by atoms with Crippen molar-refractivity contribution in [3.05, 3.63) is 59.3 Å². The van der Waals surface area contributed by atoms with Gasteiger partial charge in [-0.15, -0.1) is 0 Å². The SMILES string of the molecule is [2H]C([2H])([2H])OC(=O)c1ccc(Cc2cn(C([2H])([2H])[2H])c3ccc(NC(=O)OC4([2H])C([2H])([2H])CCC4([2H])[2H])cc23)c(OC([2H])([2H])[2H])c1. The zero-order chi connectivity index (χ0) is 34.7. The summed E-state index contributed by atoms with van der Waals surface area (Å²) in [5.74, 6) is -1.61. The molecule has 0 atom stereocenters. The van der Waals surface area contributed by atoms with Gasteiger partial charge in [0.25, 0.3) is 0 Å². The molecule has 2 aromatic carbocycles. The van der Waals surface area contributed by atoms with Gasteiger partial charge in [-0.3, -0.25) is 5.32 Å². The molecule has 1 saturated carbocycles. The number of anilines is 1. The van der Waals surface area contributed by atoms with Crippen LogP contribution < -0.4 is 10.1 Å². The maximum absolute atomic E-state index is 12.8. The van der Waals surface area contributed by atoms with Crippen molar-refractivity contribution in [2.24, 2.45) is 6.98 Å². The Hall–Kier alpha value is -3.48. The molecule has 3 aromatic rings. The summed E-state index contributed by atoms with van der Waals surface area (Å²) in [7, 11) is -6.06. The molecule has 1 aliphatic rings. The van der Waals surface area contributed by atoms with Crippen molar-refractivity contribution in [3.8, 4) is 5.75 Å². The zero-order valence-electron chi connectivity index (χ0n) is 30.7. The maximum Gasteiger partial charge on any atom is 0.411 e. The standard InChI is InChI=1S/C25H28N2O5/c1-27-15-18(12-16-8-9-17(24(28)31-3)13-23(16)30-2)21-14-19(10-11-22(21)27)26-25(29)32-20-6-4-5-7-20/h8-11,13-15,20H,4-7,12H2,1-3H3,(H,26,29)/i1D3,2D3,3D3,6D2,7D2,20D. The molecule has 1 fully saturated rings. The second kappa shape index (κ2) is 9.34. The summed E-state index contributed by atoms with van der Waals surface area (Å²) < 4.78 is 124. The lowest BCUT2D eigenvalue weighted by atomic mass is 10.0. The zero-order valence-corrected chi connectivity index (χ0v) is 16.7. The van der Waals surface area contributed by atoms with Crippen LogP contribution >= 0.6 is 0 Å². The van der Waals surface area contributed by atoms with Gasteiger partial charge in [0, 0.05) is 45.8 Å². The van der Waals surface area contributed by atoms with E-state index in [0.717, 1.165) is 10.6 Å². The van der Waals surface area contributed by atoms with Gasteiger partial charge in [-0.1, -0.05) is 6.07 Å². The van der Waals surface area contributed by atoms with Crippen LogP contribution in [-0.2, 0) is 22.9 Å². The second-order valence-corrected chi connectivity index (χ2v) is 6.94. The van der Waals surface area contributed by atoms with Gasteiger partial charge in [0.2, 0.25) is 0 Å². The lowest BCUT2D eigenvalue weighted by molar-refractivity contribution is 0.0600. The fourth-order valence-electron chi connectivity index (χ4n) is 3.43. The number of benzene rings is 2. The van der Waals surface area contributed by atoms with Crippen molar-refractivity contribution in [1.29, 1.82) is 0 Å². The Bertz CT molecular complexity index is 1640. The first-order valence-corrected chi connectivity index (χ1v) is 9.52. The van der Waals surface area contributed by atoms with E-state index in [1.807, 2.05) is 0 Å². The molecule has 1 aromatic heterocycles. The molecule has 0 radical (unpaired) electrons. The number of ether oxygens (including phenoxy) is 3. The van der Waals surface area contributed by atoms with E-state index in [2.05, 4.69) is 10.1 Å². The minimum Gasteiger partial charge on any atom is -0.496 e. The van der Waals surface area contributed by atoms with Crippen molar-refractivity contribution in [2.45, 2.75) is 38.1 Å². The Balaban J connectivity index is 1.72. The molecule has 32 heavy (non-hydrogen) atoms. The van der Waals surface area contributed by atoms with Gasteiger partial charge < -0.3 is 18.8 Å². The number of hydrogen-bond acceptors (Lipinski definition) is 5. The summed E-state index contributed by atoms with van der Waals surface area (Å²) in [5.41, 5.74) is 0.316. The minimum atomic E-state index is -3.06. The molecule has 1 amide bonds. The van der Waals surface area contributed by atoms with E-state index in [4.69, 9.17) is 28.7 Å². The molecule has 1 N–H and O–H groups in total. The Kier molecular flexibility index (Phi) is 3.04. The molecular formula is C25H28N2O5. The summed E-state index contributed by atoms with van der Waals surface area (Å²) in [5, 5.41) is 2.58. The molecule has 1 aliphatic carbocycles. The van der Waals surface area contributed by atoms with E-state index in [-0.39, 0.29) is 58.3 Å². The number of fused-ring (bicyclic) bond motifs is 1. The number of aryl methyl sites for hydroxylation is 1. The van der Waals surface area contributed by atoms with Crippen LogP contribution in [0.1, 0.15) is 66.3 Å². The van der Waals surface area contributed by atoms with E-state index in [1.165, 1.54) is 36.5 Å². The maximum atomic E-state index is 12.8.